The van der Waals surface area contributed by atoms with E-state index in [0.717, 1.165) is 0 Å². The molecule has 1 rings (SSSR count). The molecule has 0 aliphatic rings. The molecule has 2 N–H and O–H groups in total. The van der Waals surface area contributed by atoms with Gasteiger partial charge in [0.25, 0.3) is 12.3 Å². The van der Waals surface area contributed by atoms with Crippen molar-refractivity contribution in [1.29, 1.82) is 0 Å². The number of nitrogens with one attached hydrogen (secondary N) is 1. The van der Waals surface area contributed by atoms with Gasteiger partial charge in [0.2, 0.25) is 0 Å². The zero-order valence-electron chi connectivity index (χ0n) is 9.08. The van der Waals surface area contributed by atoms with E-state index >= 15 is 0 Å². The lowest BCUT2D eigenvalue weighted by molar-refractivity contribution is -0.00270. The smallest absolute Gasteiger partial charge is 0.265 e. The number of benzene rings is 1. The summed E-state index contributed by atoms with van der Waals surface area (Å²) < 4.78 is 24.0. The summed E-state index contributed by atoms with van der Waals surface area (Å²) in [5, 5.41) is 11.5. The summed E-state index contributed by atoms with van der Waals surface area (Å²) in [5.41, 5.74) is 0.872. The molecule has 1 aromatic carbocycles. The normalized spacial score (nSPS) is 12.6. The molecular weight excluding hydrogens is 252 g/mol. The fourth-order valence-corrected chi connectivity index (χ4v) is 1.41. The SMILES string of the molecule is Cc1c(Cl)cccc1C(=O)NCC(O)C(F)F. The zero-order chi connectivity index (χ0) is 13.0. The molecule has 0 radical (unpaired) electrons. The number of carbonyl (C=O) groups is 1. The first-order valence-corrected chi connectivity index (χ1v) is 5.30. The van der Waals surface area contributed by atoms with Crippen molar-refractivity contribution in [2.75, 3.05) is 6.54 Å². The number of halogens is 3. The molecule has 0 spiro atoms. The minimum absolute atomic E-state index is 0.305. The molecule has 0 aliphatic heterocycles. The maximum absolute atomic E-state index is 12.0. The molecule has 0 bridgehead atoms. The van der Waals surface area contributed by atoms with Crippen molar-refractivity contribution >= 4 is 17.5 Å². The molecular formula is C11H12ClF2NO2. The van der Waals surface area contributed by atoms with Gasteiger partial charge in [0.05, 0.1) is 0 Å². The molecule has 1 unspecified atom stereocenters. The Kier molecular flexibility index (Phi) is 4.84. The number of hydrogen-bond donors (Lipinski definition) is 2. The number of aliphatic hydroxyl groups is 1. The largest absolute Gasteiger partial charge is 0.385 e. The molecule has 0 aromatic heterocycles. The van der Waals surface area contributed by atoms with Crippen molar-refractivity contribution in [3.8, 4) is 0 Å². The van der Waals surface area contributed by atoms with Gasteiger partial charge in [0.15, 0.2) is 0 Å². The van der Waals surface area contributed by atoms with Crippen molar-refractivity contribution < 1.29 is 18.7 Å². The number of alkyl halides is 2. The maximum atomic E-state index is 12.0. The van der Waals surface area contributed by atoms with Crippen LogP contribution in [-0.2, 0) is 0 Å². The lowest BCUT2D eigenvalue weighted by atomic mass is 10.1. The second-order valence-electron chi connectivity index (χ2n) is 3.52. The lowest BCUT2D eigenvalue weighted by Crippen LogP contribution is -2.36. The van der Waals surface area contributed by atoms with Crippen LogP contribution in [0.1, 0.15) is 15.9 Å². The van der Waals surface area contributed by atoms with Gasteiger partial charge in [0, 0.05) is 17.1 Å². The molecule has 0 saturated heterocycles. The monoisotopic (exact) mass is 263 g/mol. The van der Waals surface area contributed by atoms with Crippen LogP contribution in [0.3, 0.4) is 0 Å². The molecule has 6 heteroatoms. The van der Waals surface area contributed by atoms with Crippen LogP contribution in [0.5, 0.6) is 0 Å². The summed E-state index contributed by atoms with van der Waals surface area (Å²) in [6, 6.07) is 4.75. The number of carbonyl (C=O) groups excluding carboxylic acids is 1. The second kappa shape index (κ2) is 5.93. The highest BCUT2D eigenvalue weighted by molar-refractivity contribution is 6.31. The average molecular weight is 264 g/mol. The molecule has 17 heavy (non-hydrogen) atoms. The van der Waals surface area contributed by atoms with Crippen LogP contribution < -0.4 is 5.32 Å². The van der Waals surface area contributed by atoms with Crippen molar-refractivity contribution in [2.45, 2.75) is 19.5 Å². The van der Waals surface area contributed by atoms with Gasteiger partial charge in [-0.15, -0.1) is 0 Å². The van der Waals surface area contributed by atoms with E-state index < -0.39 is 25.0 Å². The quantitative estimate of drug-likeness (QED) is 0.873. The zero-order valence-corrected chi connectivity index (χ0v) is 9.84. The number of rotatable bonds is 4. The van der Waals surface area contributed by atoms with E-state index in [1.54, 1.807) is 19.1 Å². The van der Waals surface area contributed by atoms with Gasteiger partial charge >= 0.3 is 0 Å². The highest BCUT2D eigenvalue weighted by atomic mass is 35.5. The summed E-state index contributed by atoms with van der Waals surface area (Å²) in [6.07, 6.45) is -4.74. The van der Waals surface area contributed by atoms with Crippen LogP contribution >= 0.6 is 11.6 Å². The minimum Gasteiger partial charge on any atom is -0.385 e. The van der Waals surface area contributed by atoms with E-state index in [-0.39, 0.29) is 0 Å². The Morgan fingerprint density at radius 1 is 1.53 bits per heavy atom. The molecule has 94 valence electrons. The van der Waals surface area contributed by atoms with E-state index in [0.29, 0.717) is 16.1 Å². The highest BCUT2D eigenvalue weighted by Gasteiger charge is 2.18. The number of amides is 1. The van der Waals surface area contributed by atoms with Crippen LogP contribution in [0.4, 0.5) is 8.78 Å². The second-order valence-corrected chi connectivity index (χ2v) is 3.93. The molecule has 1 atom stereocenters. The summed E-state index contributed by atoms with van der Waals surface area (Å²) in [4.78, 5) is 11.6. The van der Waals surface area contributed by atoms with E-state index in [1.165, 1.54) is 6.07 Å². The average Bonchev–Trinajstić information content (AvgIpc) is 2.29. The fraction of sp³-hybridized carbons (Fsp3) is 0.364. The van der Waals surface area contributed by atoms with Gasteiger partial charge in [-0.05, 0) is 24.6 Å². The molecule has 1 aromatic rings. The van der Waals surface area contributed by atoms with Gasteiger partial charge < -0.3 is 10.4 Å². The Labute approximate surface area is 102 Å². The lowest BCUT2D eigenvalue weighted by Gasteiger charge is -2.12. The van der Waals surface area contributed by atoms with Gasteiger partial charge in [-0.2, -0.15) is 0 Å². The molecule has 1 amide bonds. The van der Waals surface area contributed by atoms with E-state index in [9.17, 15) is 13.6 Å². The summed E-state index contributed by atoms with van der Waals surface area (Å²) in [6.45, 7) is 1.16. The molecule has 0 aliphatic carbocycles. The Morgan fingerprint density at radius 2 is 2.18 bits per heavy atom. The van der Waals surface area contributed by atoms with Crippen LogP contribution in [0.15, 0.2) is 18.2 Å². The van der Waals surface area contributed by atoms with Gasteiger partial charge in [-0.1, -0.05) is 17.7 Å². The Hall–Kier alpha value is -1.20. The van der Waals surface area contributed by atoms with Crippen molar-refractivity contribution in [1.82, 2.24) is 5.32 Å². The van der Waals surface area contributed by atoms with Gasteiger partial charge in [0.1, 0.15) is 6.10 Å². The first-order valence-electron chi connectivity index (χ1n) is 4.93. The van der Waals surface area contributed by atoms with Crippen LogP contribution in [0.25, 0.3) is 0 Å². The Balaban J connectivity index is 2.68. The predicted octanol–water partition coefficient (Wildman–Crippen LogP) is 2.00. The van der Waals surface area contributed by atoms with Crippen LogP contribution in [-0.4, -0.2) is 30.1 Å². The third-order valence-electron chi connectivity index (χ3n) is 2.27. The molecule has 0 fully saturated rings. The number of aliphatic hydroxyl groups excluding tert-OH is 1. The van der Waals surface area contributed by atoms with E-state index in [2.05, 4.69) is 5.32 Å². The summed E-state index contributed by atoms with van der Waals surface area (Å²) >= 11 is 5.82. The third-order valence-corrected chi connectivity index (χ3v) is 2.68. The molecule has 0 heterocycles. The van der Waals surface area contributed by atoms with E-state index in [4.69, 9.17) is 16.7 Å². The summed E-state index contributed by atoms with van der Waals surface area (Å²) in [7, 11) is 0. The van der Waals surface area contributed by atoms with Crippen LogP contribution in [0.2, 0.25) is 5.02 Å². The van der Waals surface area contributed by atoms with Crippen molar-refractivity contribution in [3.05, 3.63) is 34.3 Å². The standard InChI is InChI=1S/C11H12ClF2NO2/c1-6-7(3-2-4-8(6)12)11(17)15-5-9(16)10(13)14/h2-4,9-10,16H,5H2,1H3,(H,15,17). The van der Waals surface area contributed by atoms with Gasteiger partial charge in [-0.3, -0.25) is 4.79 Å². The fourth-order valence-electron chi connectivity index (χ4n) is 1.24. The number of hydrogen-bond acceptors (Lipinski definition) is 2. The predicted molar refractivity (Wildman–Crippen MR) is 60.5 cm³/mol. The van der Waals surface area contributed by atoms with Crippen LogP contribution in [0, 0.1) is 6.92 Å². The first kappa shape index (κ1) is 13.9. The maximum Gasteiger partial charge on any atom is 0.265 e. The Morgan fingerprint density at radius 3 is 2.76 bits per heavy atom. The topological polar surface area (TPSA) is 49.3 Å². The van der Waals surface area contributed by atoms with Crippen molar-refractivity contribution in [3.63, 3.8) is 0 Å². The first-order chi connectivity index (χ1) is 7.93. The minimum atomic E-state index is -2.88. The molecule has 3 nitrogen and oxygen atoms in total. The summed E-state index contributed by atoms with van der Waals surface area (Å²) in [5.74, 6) is -0.537. The molecule has 0 saturated carbocycles. The Bertz CT molecular complexity index is 412. The highest BCUT2D eigenvalue weighted by Crippen LogP contribution is 2.18. The van der Waals surface area contributed by atoms with Crippen molar-refractivity contribution in [2.24, 2.45) is 0 Å². The third kappa shape index (κ3) is 3.64. The van der Waals surface area contributed by atoms with Gasteiger partial charge in [-0.25, -0.2) is 8.78 Å². The van der Waals surface area contributed by atoms with E-state index in [1.807, 2.05) is 0 Å².